The molecule has 3 rings (SSSR count). The van der Waals surface area contributed by atoms with Crippen LogP contribution in [0.2, 0.25) is 0 Å². The maximum atomic E-state index is 14.3. The van der Waals surface area contributed by atoms with Gasteiger partial charge in [0.2, 0.25) is 23.6 Å². The number of thiazole rings is 1. The first-order valence-corrected chi connectivity index (χ1v) is 20.8. The molecule has 0 radical (unpaired) electrons. The van der Waals surface area contributed by atoms with E-state index >= 15 is 0 Å². The van der Waals surface area contributed by atoms with Gasteiger partial charge in [-0.2, -0.15) is 0 Å². The Morgan fingerprint density at radius 1 is 0.945 bits per heavy atom. The van der Waals surface area contributed by atoms with Gasteiger partial charge in [0.05, 0.1) is 48.7 Å². The number of ether oxygens (including phenoxy) is 2. The molecule has 0 saturated carbocycles. The van der Waals surface area contributed by atoms with E-state index in [-0.39, 0.29) is 65.9 Å². The molecule has 4 amide bonds. The molecule has 55 heavy (non-hydrogen) atoms. The summed E-state index contributed by atoms with van der Waals surface area (Å²) >= 11 is 1.51. The molecule has 2 N–H and O–H groups in total. The van der Waals surface area contributed by atoms with E-state index in [0.29, 0.717) is 19.4 Å². The van der Waals surface area contributed by atoms with Gasteiger partial charge in [-0.05, 0) is 56.7 Å². The second kappa shape index (κ2) is 21.8. The van der Waals surface area contributed by atoms with Crippen LogP contribution in [-0.2, 0) is 35.1 Å². The molecular weight excluding hydrogens is 717 g/mol. The predicted molar refractivity (Wildman–Crippen MR) is 218 cm³/mol. The summed E-state index contributed by atoms with van der Waals surface area (Å²) < 4.78 is 12.1. The Morgan fingerprint density at radius 3 is 2.15 bits per heavy atom. The van der Waals surface area contributed by atoms with Gasteiger partial charge in [-0.3, -0.25) is 24.1 Å². The number of amides is 4. The smallest absolute Gasteiger partial charge is 0.245 e. The van der Waals surface area contributed by atoms with E-state index in [2.05, 4.69) is 29.5 Å². The SMILES string of the molecule is CCC(C)[C@@H]([C@@H](CC(=O)N1CCC[C@H]1[C@H](OC)[C@@H](C)C(=O)N[C@@H](Cc1ccccc1)c1nccs1)OC)N(C)C(=O)[C@@H](NC(=O)[C@H](C(C)C)N(C)C)C(C)C. The van der Waals surface area contributed by atoms with E-state index in [4.69, 9.17) is 9.47 Å². The molecule has 12 nitrogen and oxygen atoms in total. The van der Waals surface area contributed by atoms with Crippen LogP contribution in [0, 0.1) is 23.7 Å². The topological polar surface area (TPSA) is 133 Å². The third kappa shape index (κ3) is 12.1. The molecule has 0 spiro atoms. The van der Waals surface area contributed by atoms with Crippen LogP contribution >= 0.6 is 11.3 Å². The first-order chi connectivity index (χ1) is 26.1. The molecule has 308 valence electrons. The summed E-state index contributed by atoms with van der Waals surface area (Å²) in [7, 11) is 8.66. The summed E-state index contributed by atoms with van der Waals surface area (Å²) in [6.45, 7) is 14.3. The normalized spacial score (nSPS) is 19.0. The van der Waals surface area contributed by atoms with Crippen LogP contribution in [0.4, 0.5) is 0 Å². The van der Waals surface area contributed by atoms with Gasteiger partial charge in [-0.25, -0.2) is 4.98 Å². The van der Waals surface area contributed by atoms with Crippen molar-refractivity contribution in [2.45, 2.75) is 123 Å². The first kappa shape index (κ1) is 46.0. The minimum atomic E-state index is -0.751. The fourth-order valence-electron chi connectivity index (χ4n) is 8.17. The summed E-state index contributed by atoms with van der Waals surface area (Å²) in [6, 6.07) is 7.83. The zero-order valence-corrected chi connectivity index (χ0v) is 36.1. The largest absolute Gasteiger partial charge is 0.379 e. The maximum absolute atomic E-state index is 14.3. The number of carbonyl (C=O) groups excluding carboxylic acids is 4. The zero-order valence-electron chi connectivity index (χ0n) is 35.3. The van der Waals surface area contributed by atoms with E-state index in [0.717, 1.165) is 23.4 Å². The molecule has 1 aromatic heterocycles. The molecule has 1 aromatic carbocycles. The highest BCUT2D eigenvalue weighted by atomic mass is 32.1. The van der Waals surface area contributed by atoms with Crippen molar-refractivity contribution in [3.8, 4) is 0 Å². The summed E-state index contributed by atoms with van der Waals surface area (Å²) in [5.41, 5.74) is 1.09. The lowest BCUT2D eigenvalue weighted by molar-refractivity contribution is -0.148. The first-order valence-electron chi connectivity index (χ1n) is 19.9. The van der Waals surface area contributed by atoms with E-state index in [1.54, 1.807) is 32.4 Å². The number of rotatable bonds is 21. The van der Waals surface area contributed by atoms with Crippen LogP contribution in [0.1, 0.15) is 90.8 Å². The van der Waals surface area contributed by atoms with Crippen molar-refractivity contribution in [2.24, 2.45) is 23.7 Å². The van der Waals surface area contributed by atoms with Gasteiger partial charge in [-0.1, -0.05) is 85.2 Å². The van der Waals surface area contributed by atoms with Gasteiger partial charge in [0.15, 0.2) is 0 Å². The molecule has 13 heteroatoms. The molecule has 0 bridgehead atoms. The van der Waals surface area contributed by atoms with Gasteiger partial charge in [0.25, 0.3) is 0 Å². The summed E-state index contributed by atoms with van der Waals surface area (Å²) in [5.74, 6) is -1.35. The van der Waals surface area contributed by atoms with E-state index in [9.17, 15) is 19.2 Å². The van der Waals surface area contributed by atoms with Crippen molar-refractivity contribution in [2.75, 3.05) is 41.9 Å². The molecule has 1 aliphatic rings. The lowest BCUT2D eigenvalue weighted by Gasteiger charge is -2.41. The molecule has 2 aromatic rings. The van der Waals surface area contributed by atoms with Crippen molar-refractivity contribution in [1.29, 1.82) is 0 Å². The van der Waals surface area contributed by atoms with Crippen LogP contribution in [0.25, 0.3) is 0 Å². The van der Waals surface area contributed by atoms with E-state index in [1.165, 1.54) is 11.3 Å². The Bertz CT molecular complexity index is 1480. The highest BCUT2D eigenvalue weighted by Gasteiger charge is 2.43. The van der Waals surface area contributed by atoms with Crippen LogP contribution < -0.4 is 10.6 Å². The van der Waals surface area contributed by atoms with E-state index < -0.39 is 30.2 Å². The second-order valence-electron chi connectivity index (χ2n) is 16.1. The highest BCUT2D eigenvalue weighted by Crippen LogP contribution is 2.30. The average Bonchev–Trinajstić information content (AvgIpc) is 3.87. The number of likely N-dealkylation sites (tertiary alicyclic amines) is 1. The quantitative estimate of drug-likeness (QED) is 0.177. The second-order valence-corrected chi connectivity index (χ2v) is 17.0. The standard InChI is InChI=1S/C42H68N6O6S/c1-13-28(6)37(47(10)42(52)35(26(2)3)45-40(51)36(27(4)5)46(8)9)33(53-11)25-34(49)48-22-17-20-32(48)38(54-12)29(7)39(50)44-31(41-43-21-23-55-41)24-30-18-15-14-16-19-30/h14-16,18-19,21,23,26-29,31-33,35-38H,13,17,20,22,24-25H2,1-12H3,(H,44,50)(H,45,51)/t28?,29-,31+,32+,33-,35+,36+,37+,38-/m1/s1. The number of hydrogen-bond donors (Lipinski definition) is 2. The lowest BCUT2D eigenvalue weighted by atomic mass is 9.89. The molecule has 1 unspecified atom stereocenters. The van der Waals surface area contributed by atoms with Gasteiger partial charge >= 0.3 is 0 Å². The minimum Gasteiger partial charge on any atom is -0.379 e. The lowest BCUT2D eigenvalue weighted by Crippen LogP contribution is -2.59. The Balaban J connectivity index is 1.79. The summed E-state index contributed by atoms with van der Waals surface area (Å²) in [6.07, 6.45) is 3.49. The molecule has 1 saturated heterocycles. The number of aromatic nitrogens is 1. The maximum Gasteiger partial charge on any atom is 0.245 e. The van der Waals surface area contributed by atoms with Crippen molar-refractivity contribution in [1.82, 2.24) is 30.3 Å². The third-order valence-corrected chi connectivity index (χ3v) is 12.2. The van der Waals surface area contributed by atoms with Crippen LogP contribution in [0.5, 0.6) is 0 Å². The molecular formula is C42H68N6O6S. The number of carbonyl (C=O) groups is 4. The van der Waals surface area contributed by atoms with Crippen molar-refractivity contribution >= 4 is 35.0 Å². The highest BCUT2D eigenvalue weighted by molar-refractivity contribution is 7.09. The molecule has 0 aliphatic carbocycles. The Kier molecular flexibility index (Phi) is 18.2. The van der Waals surface area contributed by atoms with Gasteiger partial charge in [-0.15, -0.1) is 11.3 Å². The van der Waals surface area contributed by atoms with E-state index in [1.807, 2.05) is 94.2 Å². The Hall–Kier alpha value is -3.39. The number of nitrogens with one attached hydrogen (secondary N) is 2. The molecule has 2 heterocycles. The fourth-order valence-corrected chi connectivity index (χ4v) is 8.86. The number of methoxy groups -OCH3 is 2. The summed E-state index contributed by atoms with van der Waals surface area (Å²) in [4.78, 5) is 65.8. The number of hydrogen-bond acceptors (Lipinski definition) is 9. The van der Waals surface area contributed by atoms with Gasteiger partial charge in [0, 0.05) is 39.4 Å². The van der Waals surface area contributed by atoms with Crippen LogP contribution in [0.3, 0.4) is 0 Å². The zero-order chi connectivity index (χ0) is 41.0. The Morgan fingerprint density at radius 2 is 1.62 bits per heavy atom. The average molecular weight is 785 g/mol. The van der Waals surface area contributed by atoms with Crippen molar-refractivity contribution < 1.29 is 28.7 Å². The van der Waals surface area contributed by atoms with Crippen molar-refractivity contribution in [3.63, 3.8) is 0 Å². The monoisotopic (exact) mass is 784 g/mol. The van der Waals surface area contributed by atoms with Crippen LogP contribution in [-0.4, -0.2) is 122 Å². The van der Waals surface area contributed by atoms with Crippen molar-refractivity contribution in [3.05, 3.63) is 52.5 Å². The number of likely N-dealkylation sites (N-methyl/N-ethyl adjacent to an activating group) is 2. The summed E-state index contributed by atoms with van der Waals surface area (Å²) in [5, 5.41) is 9.02. The number of nitrogens with zero attached hydrogens (tertiary/aromatic N) is 4. The van der Waals surface area contributed by atoms with Crippen LogP contribution in [0.15, 0.2) is 41.9 Å². The third-order valence-electron chi connectivity index (χ3n) is 11.3. The minimum absolute atomic E-state index is 0.00751. The predicted octanol–water partition coefficient (Wildman–Crippen LogP) is 5.19. The fraction of sp³-hybridized carbons (Fsp3) is 0.690. The number of benzene rings is 1. The molecule has 1 aliphatic heterocycles. The molecule has 1 fully saturated rings. The molecule has 9 atom stereocenters. The van der Waals surface area contributed by atoms with Gasteiger partial charge in [0.1, 0.15) is 11.0 Å². The van der Waals surface area contributed by atoms with Gasteiger partial charge < -0.3 is 29.9 Å². The Labute approximate surface area is 334 Å².